The van der Waals surface area contributed by atoms with Gasteiger partial charge in [-0.15, -0.1) is 0 Å². The molecule has 5 heteroatoms. The molecule has 4 nitrogen and oxygen atoms in total. The van der Waals surface area contributed by atoms with E-state index in [4.69, 9.17) is 27.9 Å². The number of ether oxygens (including phenoxy) is 1. The van der Waals surface area contributed by atoms with Gasteiger partial charge in [-0.3, -0.25) is 5.84 Å². The maximum absolute atomic E-state index is 6.01. The van der Waals surface area contributed by atoms with Gasteiger partial charge in [-0.2, -0.15) is 0 Å². The summed E-state index contributed by atoms with van der Waals surface area (Å²) in [6.45, 7) is 2.59. The lowest BCUT2D eigenvalue weighted by Gasteiger charge is -2.19. The van der Waals surface area contributed by atoms with Crippen molar-refractivity contribution >= 4 is 17.3 Å². The first kappa shape index (κ1) is 14.7. The Balaban J connectivity index is 2.31. The molecule has 0 bridgehead atoms. The monoisotopic (exact) mass is 291 g/mol. The van der Waals surface area contributed by atoms with Gasteiger partial charge in [0.05, 0.1) is 12.6 Å². The van der Waals surface area contributed by atoms with Crippen LogP contribution in [-0.2, 0) is 0 Å². The zero-order chi connectivity index (χ0) is 14.5. The minimum Gasteiger partial charge on any atom is -0.494 e. The second-order valence-corrected chi connectivity index (χ2v) is 4.81. The van der Waals surface area contributed by atoms with Gasteiger partial charge in [-0.05, 0) is 42.3 Å². The first-order valence-corrected chi connectivity index (χ1v) is 6.77. The zero-order valence-corrected chi connectivity index (χ0v) is 12.0. The van der Waals surface area contributed by atoms with E-state index in [1.165, 1.54) is 0 Å². The van der Waals surface area contributed by atoms with Gasteiger partial charge in [0, 0.05) is 10.7 Å². The topological polar surface area (TPSA) is 73.3 Å². The summed E-state index contributed by atoms with van der Waals surface area (Å²) >= 11 is 5.92. The van der Waals surface area contributed by atoms with Crippen LogP contribution < -0.4 is 21.7 Å². The average molecular weight is 292 g/mol. The molecule has 20 heavy (non-hydrogen) atoms. The van der Waals surface area contributed by atoms with Crippen molar-refractivity contribution < 1.29 is 4.74 Å². The normalized spacial score (nSPS) is 12.2. The van der Waals surface area contributed by atoms with E-state index in [0.717, 1.165) is 16.9 Å². The van der Waals surface area contributed by atoms with E-state index in [9.17, 15) is 0 Å². The fraction of sp³-hybridized carbons (Fsp3) is 0.200. The maximum atomic E-state index is 6.01. The molecule has 0 heterocycles. The van der Waals surface area contributed by atoms with Crippen molar-refractivity contribution in [2.75, 3.05) is 12.3 Å². The minimum atomic E-state index is -0.192. The van der Waals surface area contributed by atoms with Crippen LogP contribution in [0.15, 0.2) is 42.5 Å². The Labute approximate surface area is 123 Å². The molecule has 0 spiro atoms. The molecule has 0 aromatic heterocycles. The predicted octanol–water partition coefficient (Wildman–Crippen LogP) is 2.87. The molecule has 5 N–H and O–H groups in total. The number of nitrogens with two attached hydrogens (primary N) is 2. The number of rotatable bonds is 5. The SMILES string of the molecule is CCOc1ccc(C(NN)c2ccc(Cl)cc2N)cc1. The smallest absolute Gasteiger partial charge is 0.119 e. The van der Waals surface area contributed by atoms with Crippen molar-refractivity contribution in [3.63, 3.8) is 0 Å². The first-order valence-electron chi connectivity index (χ1n) is 6.39. The van der Waals surface area contributed by atoms with E-state index in [2.05, 4.69) is 5.43 Å². The van der Waals surface area contributed by atoms with Crippen LogP contribution >= 0.6 is 11.6 Å². The Hall–Kier alpha value is -1.75. The van der Waals surface area contributed by atoms with Crippen LogP contribution in [0.25, 0.3) is 0 Å². The highest BCUT2D eigenvalue weighted by Crippen LogP contribution is 2.29. The third-order valence-electron chi connectivity index (χ3n) is 3.05. The van der Waals surface area contributed by atoms with E-state index in [0.29, 0.717) is 17.3 Å². The number of anilines is 1. The van der Waals surface area contributed by atoms with Crippen molar-refractivity contribution in [2.45, 2.75) is 13.0 Å². The number of halogens is 1. The van der Waals surface area contributed by atoms with E-state index >= 15 is 0 Å². The van der Waals surface area contributed by atoms with Gasteiger partial charge in [-0.1, -0.05) is 29.8 Å². The Kier molecular flexibility index (Phi) is 4.84. The third kappa shape index (κ3) is 3.22. The van der Waals surface area contributed by atoms with Crippen LogP contribution in [-0.4, -0.2) is 6.61 Å². The summed E-state index contributed by atoms with van der Waals surface area (Å²) in [5.41, 5.74) is 11.3. The zero-order valence-electron chi connectivity index (χ0n) is 11.3. The van der Waals surface area contributed by atoms with Crippen LogP contribution in [0, 0.1) is 0 Å². The highest BCUT2D eigenvalue weighted by Gasteiger charge is 2.15. The quantitative estimate of drug-likeness (QED) is 0.450. The largest absolute Gasteiger partial charge is 0.494 e. The standard InChI is InChI=1S/C15H18ClN3O/c1-2-20-12-6-3-10(4-7-12)15(19-18)13-8-5-11(16)9-14(13)17/h3-9,15,19H,2,17-18H2,1H3. The third-order valence-corrected chi connectivity index (χ3v) is 3.29. The molecule has 0 radical (unpaired) electrons. The summed E-state index contributed by atoms with van der Waals surface area (Å²) in [5, 5.41) is 0.605. The van der Waals surface area contributed by atoms with Crippen LogP contribution in [0.2, 0.25) is 5.02 Å². The lowest BCUT2D eigenvalue weighted by Crippen LogP contribution is -2.29. The second kappa shape index (κ2) is 6.61. The number of nitrogen functional groups attached to an aromatic ring is 1. The number of hydrazine groups is 1. The average Bonchev–Trinajstić information content (AvgIpc) is 2.44. The fourth-order valence-electron chi connectivity index (χ4n) is 2.10. The number of nitrogens with one attached hydrogen (secondary N) is 1. The van der Waals surface area contributed by atoms with Crippen molar-refractivity contribution in [1.82, 2.24) is 5.43 Å². The van der Waals surface area contributed by atoms with Gasteiger partial charge >= 0.3 is 0 Å². The Morgan fingerprint density at radius 2 is 1.90 bits per heavy atom. The van der Waals surface area contributed by atoms with Crippen LogP contribution in [0.3, 0.4) is 0 Å². The van der Waals surface area contributed by atoms with E-state index < -0.39 is 0 Å². The Bertz CT molecular complexity index is 572. The molecular weight excluding hydrogens is 274 g/mol. The molecular formula is C15H18ClN3O. The molecule has 2 rings (SSSR count). The number of hydrogen-bond donors (Lipinski definition) is 3. The molecule has 1 unspecified atom stereocenters. The lowest BCUT2D eigenvalue weighted by molar-refractivity contribution is 0.340. The van der Waals surface area contributed by atoms with Gasteiger partial charge in [-0.25, -0.2) is 5.43 Å². The summed E-state index contributed by atoms with van der Waals surface area (Å²) in [5.74, 6) is 6.50. The van der Waals surface area contributed by atoms with Gasteiger partial charge in [0.25, 0.3) is 0 Å². The molecule has 0 aliphatic heterocycles. The summed E-state index contributed by atoms with van der Waals surface area (Å²) in [6.07, 6.45) is 0. The molecule has 1 atom stereocenters. The maximum Gasteiger partial charge on any atom is 0.119 e. The fourth-order valence-corrected chi connectivity index (χ4v) is 2.28. The molecule has 0 saturated heterocycles. The van der Waals surface area contributed by atoms with Crippen molar-refractivity contribution in [2.24, 2.45) is 5.84 Å². The van der Waals surface area contributed by atoms with Gasteiger partial charge in [0.15, 0.2) is 0 Å². The molecule has 2 aromatic carbocycles. The molecule has 0 fully saturated rings. The van der Waals surface area contributed by atoms with Crippen molar-refractivity contribution in [1.29, 1.82) is 0 Å². The Morgan fingerprint density at radius 3 is 2.45 bits per heavy atom. The number of hydrogen-bond acceptors (Lipinski definition) is 4. The van der Waals surface area contributed by atoms with Gasteiger partial charge in [0.1, 0.15) is 5.75 Å². The summed E-state index contributed by atoms with van der Waals surface area (Å²) < 4.78 is 5.43. The summed E-state index contributed by atoms with van der Waals surface area (Å²) in [7, 11) is 0. The summed E-state index contributed by atoms with van der Waals surface area (Å²) in [6, 6.07) is 12.9. The van der Waals surface area contributed by atoms with Gasteiger partial charge < -0.3 is 10.5 Å². The molecule has 0 aliphatic carbocycles. The summed E-state index contributed by atoms with van der Waals surface area (Å²) in [4.78, 5) is 0. The predicted molar refractivity (Wildman–Crippen MR) is 82.6 cm³/mol. The minimum absolute atomic E-state index is 0.192. The molecule has 0 saturated carbocycles. The van der Waals surface area contributed by atoms with Crippen LogP contribution in [0.4, 0.5) is 5.69 Å². The van der Waals surface area contributed by atoms with Crippen LogP contribution in [0.1, 0.15) is 24.1 Å². The first-order chi connectivity index (χ1) is 9.65. The molecule has 0 aliphatic rings. The van der Waals surface area contributed by atoms with E-state index in [1.807, 2.05) is 37.3 Å². The highest BCUT2D eigenvalue weighted by molar-refractivity contribution is 6.30. The second-order valence-electron chi connectivity index (χ2n) is 4.37. The molecule has 0 amide bonds. The molecule has 106 valence electrons. The highest BCUT2D eigenvalue weighted by atomic mass is 35.5. The molecule has 2 aromatic rings. The van der Waals surface area contributed by atoms with E-state index in [1.54, 1.807) is 12.1 Å². The van der Waals surface area contributed by atoms with Gasteiger partial charge in [0.2, 0.25) is 0 Å². The van der Waals surface area contributed by atoms with E-state index in [-0.39, 0.29) is 6.04 Å². The lowest BCUT2D eigenvalue weighted by atomic mass is 9.98. The van der Waals surface area contributed by atoms with Crippen LogP contribution in [0.5, 0.6) is 5.75 Å². The van der Waals surface area contributed by atoms with Crippen molar-refractivity contribution in [3.05, 3.63) is 58.6 Å². The number of benzene rings is 2. The van der Waals surface area contributed by atoms with Crippen molar-refractivity contribution in [3.8, 4) is 5.75 Å². The Morgan fingerprint density at radius 1 is 1.20 bits per heavy atom.